The average molecular weight is 456 g/mol. The Morgan fingerprint density at radius 2 is 1.91 bits per heavy atom. The summed E-state index contributed by atoms with van der Waals surface area (Å²) in [5, 5.41) is 1.38. The fourth-order valence-electron chi connectivity index (χ4n) is 3.32. The molecule has 0 saturated heterocycles. The zero-order chi connectivity index (χ0) is 24.1. The number of hydrazine groups is 1. The van der Waals surface area contributed by atoms with Crippen molar-refractivity contribution in [2.75, 3.05) is 12.1 Å². The third kappa shape index (κ3) is 5.07. The first kappa shape index (κ1) is 24.0. The van der Waals surface area contributed by atoms with Crippen LogP contribution < -0.4 is 26.6 Å². The van der Waals surface area contributed by atoms with Gasteiger partial charge in [0.25, 0.3) is 0 Å². The molecular weight excluding hydrogens is 430 g/mol. The van der Waals surface area contributed by atoms with Gasteiger partial charge in [-0.1, -0.05) is 19.1 Å². The number of nitrogens with one attached hydrogen (secondary N) is 1. The van der Waals surface area contributed by atoms with Crippen LogP contribution in [0.2, 0.25) is 0 Å². The summed E-state index contributed by atoms with van der Waals surface area (Å²) < 4.78 is 35.7. The van der Waals surface area contributed by atoms with E-state index in [1.165, 1.54) is 55.0 Å². The summed E-state index contributed by atoms with van der Waals surface area (Å²) in [4.78, 5) is 19.8. The minimum Gasteiger partial charge on any atom is -0.494 e. The Balaban J connectivity index is 2.14. The molecule has 3 rings (SSSR count). The van der Waals surface area contributed by atoms with E-state index in [2.05, 4.69) is 15.4 Å². The third-order valence-corrected chi connectivity index (χ3v) is 5.21. The topological polar surface area (TPSA) is 119 Å². The zero-order valence-electron chi connectivity index (χ0n) is 18.5. The van der Waals surface area contributed by atoms with Crippen molar-refractivity contribution in [3.8, 4) is 16.9 Å². The monoisotopic (exact) mass is 456 g/mol. The van der Waals surface area contributed by atoms with Crippen LogP contribution >= 0.6 is 0 Å². The van der Waals surface area contributed by atoms with E-state index in [-0.39, 0.29) is 46.0 Å². The third-order valence-electron chi connectivity index (χ3n) is 5.21. The number of hydrogen-bond donors (Lipinski definition) is 3. The molecule has 8 nitrogen and oxygen atoms in total. The van der Waals surface area contributed by atoms with Gasteiger partial charge in [-0.3, -0.25) is 14.8 Å². The Kier molecular flexibility index (Phi) is 7.52. The average Bonchev–Trinajstić information content (AvgIpc) is 2.80. The largest absolute Gasteiger partial charge is 0.494 e. The molecule has 2 atom stereocenters. The van der Waals surface area contributed by atoms with Crippen LogP contribution in [-0.4, -0.2) is 35.1 Å². The number of amides is 1. The second-order valence-corrected chi connectivity index (χ2v) is 7.45. The lowest BCUT2D eigenvalue weighted by molar-refractivity contribution is 0.1000. The molecule has 33 heavy (non-hydrogen) atoms. The second-order valence-electron chi connectivity index (χ2n) is 7.45. The number of ether oxygens (including phenoxy) is 1. The van der Waals surface area contributed by atoms with Gasteiger partial charge in [-0.25, -0.2) is 19.2 Å². The van der Waals surface area contributed by atoms with Crippen molar-refractivity contribution in [3.63, 3.8) is 0 Å². The van der Waals surface area contributed by atoms with Crippen molar-refractivity contribution < 1.29 is 18.3 Å². The van der Waals surface area contributed by atoms with Crippen molar-refractivity contribution in [2.45, 2.75) is 32.4 Å². The Hall–Kier alpha value is -3.63. The number of rotatable bonds is 9. The van der Waals surface area contributed by atoms with E-state index < -0.39 is 17.5 Å². The van der Waals surface area contributed by atoms with Crippen molar-refractivity contribution in [1.82, 2.24) is 15.4 Å². The molecule has 0 aliphatic rings. The molecule has 0 saturated carbocycles. The van der Waals surface area contributed by atoms with E-state index in [9.17, 15) is 9.18 Å². The van der Waals surface area contributed by atoms with Crippen molar-refractivity contribution in [3.05, 3.63) is 66.1 Å². The number of pyridine rings is 2. The summed E-state index contributed by atoms with van der Waals surface area (Å²) in [5.41, 5.74) is 14.7. The first-order valence-electron chi connectivity index (χ1n) is 10.3. The smallest absolute Gasteiger partial charge is 0.250 e. The number of nitrogens with zero attached hydrogens (tertiary/aromatic N) is 3. The standard InChI is InChI=1S/C23H26F2N6O2/c1-4-17(13(2)26)30-31(20-9-8-14(10-29-20)23(27)32)18-12-28-11-16(21(18)24)15-6-5-7-19(33-3)22(15)25/h5-13,17,30H,4,26H2,1-3H3,(H2,27,32)/t13-,17+/m0/s1. The summed E-state index contributed by atoms with van der Waals surface area (Å²) in [5.74, 6) is -1.82. The van der Waals surface area contributed by atoms with Gasteiger partial charge < -0.3 is 16.2 Å². The van der Waals surface area contributed by atoms with Gasteiger partial charge in [0.2, 0.25) is 5.91 Å². The fraction of sp³-hybridized carbons (Fsp3) is 0.261. The molecule has 2 heterocycles. The lowest BCUT2D eigenvalue weighted by Crippen LogP contribution is -2.50. The highest BCUT2D eigenvalue weighted by atomic mass is 19.1. The number of aromatic nitrogens is 2. The number of primary amides is 1. The van der Waals surface area contributed by atoms with E-state index in [1.54, 1.807) is 6.07 Å². The van der Waals surface area contributed by atoms with Gasteiger partial charge in [0.1, 0.15) is 11.5 Å². The lowest BCUT2D eigenvalue weighted by atomic mass is 10.1. The number of anilines is 2. The maximum atomic E-state index is 15.8. The fourth-order valence-corrected chi connectivity index (χ4v) is 3.32. The van der Waals surface area contributed by atoms with E-state index in [0.717, 1.165) is 0 Å². The Bertz CT molecular complexity index is 1120. The Morgan fingerprint density at radius 1 is 1.15 bits per heavy atom. The minimum atomic E-state index is -0.732. The first-order chi connectivity index (χ1) is 15.8. The minimum absolute atomic E-state index is 0.00239. The number of hydrogen-bond acceptors (Lipinski definition) is 7. The highest BCUT2D eigenvalue weighted by molar-refractivity contribution is 5.92. The molecule has 1 amide bonds. The van der Waals surface area contributed by atoms with E-state index >= 15 is 4.39 Å². The number of benzene rings is 1. The van der Waals surface area contributed by atoms with Gasteiger partial charge in [-0.05, 0) is 31.5 Å². The number of methoxy groups -OCH3 is 1. The van der Waals surface area contributed by atoms with Gasteiger partial charge in [0, 0.05) is 35.6 Å². The van der Waals surface area contributed by atoms with Gasteiger partial charge in [0.05, 0.1) is 18.9 Å². The van der Waals surface area contributed by atoms with Crippen LogP contribution in [0.1, 0.15) is 30.6 Å². The molecule has 0 aliphatic heterocycles. The van der Waals surface area contributed by atoms with Crippen LogP contribution in [0.4, 0.5) is 20.3 Å². The second kappa shape index (κ2) is 10.3. The molecule has 10 heteroatoms. The predicted octanol–water partition coefficient (Wildman–Crippen LogP) is 3.30. The maximum Gasteiger partial charge on any atom is 0.250 e. The van der Waals surface area contributed by atoms with Crippen LogP contribution in [0.5, 0.6) is 5.75 Å². The summed E-state index contributed by atoms with van der Waals surface area (Å²) >= 11 is 0. The number of carbonyl (C=O) groups excluding carboxylic acids is 1. The summed E-state index contributed by atoms with van der Waals surface area (Å²) in [6, 6.07) is 6.91. The Labute approximate surface area is 190 Å². The molecular formula is C23H26F2N6O2. The van der Waals surface area contributed by atoms with Crippen LogP contribution in [0.25, 0.3) is 11.1 Å². The quantitative estimate of drug-likeness (QED) is 0.423. The molecule has 1 aromatic carbocycles. The number of nitrogens with two attached hydrogens (primary N) is 2. The molecule has 0 radical (unpaired) electrons. The molecule has 5 N–H and O–H groups in total. The van der Waals surface area contributed by atoms with Crippen LogP contribution in [0.3, 0.4) is 0 Å². The first-order valence-corrected chi connectivity index (χ1v) is 10.3. The number of carbonyl (C=O) groups is 1. The Morgan fingerprint density at radius 3 is 2.48 bits per heavy atom. The highest BCUT2D eigenvalue weighted by Crippen LogP contribution is 2.35. The van der Waals surface area contributed by atoms with Gasteiger partial charge in [0.15, 0.2) is 17.4 Å². The molecule has 174 valence electrons. The molecule has 0 aliphatic carbocycles. The molecule has 0 spiro atoms. The highest BCUT2D eigenvalue weighted by Gasteiger charge is 2.24. The van der Waals surface area contributed by atoms with E-state index in [0.29, 0.717) is 6.42 Å². The maximum absolute atomic E-state index is 15.8. The van der Waals surface area contributed by atoms with Crippen molar-refractivity contribution >= 4 is 17.4 Å². The zero-order valence-corrected chi connectivity index (χ0v) is 18.5. The molecule has 3 aromatic rings. The van der Waals surface area contributed by atoms with Gasteiger partial charge in [-0.2, -0.15) is 0 Å². The van der Waals surface area contributed by atoms with E-state index in [1.807, 2.05) is 13.8 Å². The van der Waals surface area contributed by atoms with Crippen LogP contribution in [-0.2, 0) is 0 Å². The normalized spacial score (nSPS) is 12.8. The predicted molar refractivity (Wildman–Crippen MR) is 122 cm³/mol. The van der Waals surface area contributed by atoms with Crippen molar-refractivity contribution in [2.24, 2.45) is 11.5 Å². The van der Waals surface area contributed by atoms with Crippen LogP contribution in [0.15, 0.2) is 48.9 Å². The van der Waals surface area contributed by atoms with Gasteiger partial charge >= 0.3 is 0 Å². The molecule has 0 bridgehead atoms. The van der Waals surface area contributed by atoms with Crippen LogP contribution in [0, 0.1) is 11.6 Å². The summed E-state index contributed by atoms with van der Waals surface area (Å²) in [6.45, 7) is 3.75. The van der Waals surface area contributed by atoms with Gasteiger partial charge in [-0.15, -0.1) is 0 Å². The lowest BCUT2D eigenvalue weighted by Gasteiger charge is -2.31. The molecule has 0 unspecified atom stereocenters. The molecule has 2 aromatic heterocycles. The summed E-state index contributed by atoms with van der Waals surface area (Å²) in [7, 11) is 1.33. The SMILES string of the molecule is CC[C@@H](NN(c1ccc(C(N)=O)cn1)c1cncc(-c2cccc(OC)c2F)c1F)[C@H](C)N. The number of halogens is 2. The summed E-state index contributed by atoms with van der Waals surface area (Å²) in [6.07, 6.45) is 4.45. The van der Waals surface area contributed by atoms with Crippen molar-refractivity contribution in [1.29, 1.82) is 0 Å². The molecule has 0 fully saturated rings. The van der Waals surface area contributed by atoms with E-state index in [4.69, 9.17) is 16.2 Å².